The molecule has 232 valence electrons. The molecule has 1 aliphatic carbocycles. The average Bonchev–Trinajstić information content (AvgIpc) is 3.41. The molecule has 0 saturated carbocycles. The Morgan fingerprint density at radius 3 is 1.73 bits per heavy atom. The normalized spacial score (nSPS) is 12.9. The number of nitrogens with zero attached hydrogens (tertiary/aromatic N) is 3. The monoisotopic (exact) mass is 627 g/mol. The van der Waals surface area contributed by atoms with Gasteiger partial charge in [0.05, 0.1) is 11.4 Å². The SMILES string of the molecule is CC1(C)c2cc(-c3ccc(-c4cc(-c5ccncc5)nc(-c5ccc(-c6ccccc6)cc5)n4)cc3)ccc2-c2c1ccc1ccccc21. The van der Waals surface area contributed by atoms with Crippen LogP contribution in [0.4, 0.5) is 0 Å². The topological polar surface area (TPSA) is 38.7 Å². The van der Waals surface area contributed by atoms with E-state index in [-0.39, 0.29) is 5.41 Å². The number of hydrogen-bond donors (Lipinski definition) is 0. The van der Waals surface area contributed by atoms with Crippen molar-refractivity contribution in [3.63, 3.8) is 0 Å². The zero-order valence-electron chi connectivity index (χ0n) is 27.4. The Morgan fingerprint density at radius 2 is 1.00 bits per heavy atom. The molecule has 0 atom stereocenters. The number of rotatable bonds is 5. The fourth-order valence-corrected chi connectivity index (χ4v) is 7.36. The van der Waals surface area contributed by atoms with Gasteiger partial charge in [-0.15, -0.1) is 0 Å². The molecular weight excluding hydrogens is 595 g/mol. The molecule has 0 fully saturated rings. The van der Waals surface area contributed by atoms with Crippen LogP contribution in [0.25, 0.3) is 78.1 Å². The van der Waals surface area contributed by atoms with Crippen LogP contribution in [-0.2, 0) is 5.41 Å². The van der Waals surface area contributed by atoms with Gasteiger partial charge >= 0.3 is 0 Å². The fraction of sp³-hybridized carbons (Fsp3) is 0.0652. The minimum Gasteiger partial charge on any atom is -0.265 e. The molecule has 9 rings (SSSR count). The Kier molecular flexibility index (Phi) is 6.80. The van der Waals surface area contributed by atoms with Crippen LogP contribution in [0.1, 0.15) is 25.0 Å². The first kappa shape index (κ1) is 29.0. The van der Waals surface area contributed by atoms with Crippen LogP contribution >= 0.6 is 0 Å². The lowest BCUT2D eigenvalue weighted by atomic mass is 9.81. The van der Waals surface area contributed by atoms with Gasteiger partial charge in [-0.3, -0.25) is 4.98 Å². The Bertz CT molecular complexity index is 2480. The fourth-order valence-electron chi connectivity index (χ4n) is 7.36. The molecule has 2 heterocycles. The van der Waals surface area contributed by atoms with Crippen molar-refractivity contribution in [3.8, 4) is 67.3 Å². The minimum atomic E-state index is -0.0787. The minimum absolute atomic E-state index is 0.0787. The zero-order chi connectivity index (χ0) is 33.0. The maximum absolute atomic E-state index is 5.09. The summed E-state index contributed by atoms with van der Waals surface area (Å²) >= 11 is 0. The number of hydrogen-bond acceptors (Lipinski definition) is 3. The predicted octanol–water partition coefficient (Wildman–Crippen LogP) is 11.7. The van der Waals surface area contributed by atoms with Crippen molar-refractivity contribution in [2.45, 2.75) is 19.3 Å². The Hall–Kier alpha value is -6.19. The van der Waals surface area contributed by atoms with Crippen LogP contribution in [-0.4, -0.2) is 15.0 Å². The van der Waals surface area contributed by atoms with Gasteiger partial charge in [0.2, 0.25) is 0 Å². The molecule has 49 heavy (non-hydrogen) atoms. The van der Waals surface area contributed by atoms with Crippen LogP contribution in [0.3, 0.4) is 0 Å². The second-order valence-corrected chi connectivity index (χ2v) is 13.3. The highest BCUT2D eigenvalue weighted by Crippen LogP contribution is 2.52. The summed E-state index contributed by atoms with van der Waals surface area (Å²) in [6, 6.07) is 54.0. The largest absolute Gasteiger partial charge is 0.265 e. The summed E-state index contributed by atoms with van der Waals surface area (Å²) in [7, 11) is 0. The van der Waals surface area contributed by atoms with Crippen LogP contribution in [0.5, 0.6) is 0 Å². The van der Waals surface area contributed by atoms with Crippen LogP contribution < -0.4 is 0 Å². The van der Waals surface area contributed by atoms with E-state index in [9.17, 15) is 0 Å². The molecule has 3 nitrogen and oxygen atoms in total. The Balaban J connectivity index is 1.08. The highest BCUT2D eigenvalue weighted by Gasteiger charge is 2.36. The molecule has 0 unspecified atom stereocenters. The van der Waals surface area contributed by atoms with E-state index in [0.29, 0.717) is 5.82 Å². The van der Waals surface area contributed by atoms with E-state index in [2.05, 4.69) is 152 Å². The van der Waals surface area contributed by atoms with Crippen LogP contribution in [0.2, 0.25) is 0 Å². The van der Waals surface area contributed by atoms with Gasteiger partial charge in [-0.25, -0.2) is 9.97 Å². The van der Waals surface area contributed by atoms with Gasteiger partial charge in [0.1, 0.15) is 0 Å². The highest BCUT2D eigenvalue weighted by molar-refractivity contribution is 6.02. The molecule has 1 aliphatic rings. The van der Waals surface area contributed by atoms with Gasteiger partial charge in [-0.2, -0.15) is 0 Å². The van der Waals surface area contributed by atoms with E-state index < -0.39 is 0 Å². The zero-order valence-corrected chi connectivity index (χ0v) is 27.4. The van der Waals surface area contributed by atoms with Crippen LogP contribution in [0, 0.1) is 0 Å². The molecular formula is C46H33N3. The smallest absolute Gasteiger partial charge is 0.160 e. The molecule has 0 amide bonds. The summed E-state index contributed by atoms with van der Waals surface area (Å²) < 4.78 is 0. The number of pyridine rings is 1. The van der Waals surface area contributed by atoms with Crippen molar-refractivity contribution >= 4 is 10.8 Å². The van der Waals surface area contributed by atoms with Gasteiger partial charge < -0.3 is 0 Å². The highest BCUT2D eigenvalue weighted by atomic mass is 14.9. The summed E-state index contributed by atoms with van der Waals surface area (Å²) in [4.78, 5) is 14.3. The van der Waals surface area contributed by atoms with Crippen molar-refractivity contribution in [2.24, 2.45) is 0 Å². The maximum Gasteiger partial charge on any atom is 0.160 e. The molecule has 8 aromatic rings. The van der Waals surface area contributed by atoms with E-state index in [1.807, 2.05) is 18.2 Å². The molecule has 0 spiro atoms. The first-order chi connectivity index (χ1) is 24.0. The van der Waals surface area contributed by atoms with E-state index >= 15 is 0 Å². The maximum atomic E-state index is 5.09. The van der Waals surface area contributed by atoms with E-state index in [0.717, 1.165) is 33.6 Å². The second kappa shape index (κ2) is 11.5. The van der Waals surface area contributed by atoms with Gasteiger partial charge in [0.15, 0.2) is 5.82 Å². The summed E-state index contributed by atoms with van der Waals surface area (Å²) in [6.45, 7) is 4.70. The molecule has 0 radical (unpaired) electrons. The lowest BCUT2D eigenvalue weighted by molar-refractivity contribution is 0.661. The number of benzene rings is 6. The van der Waals surface area contributed by atoms with E-state index in [1.54, 1.807) is 12.4 Å². The van der Waals surface area contributed by atoms with Gasteiger partial charge in [0, 0.05) is 34.5 Å². The number of fused-ring (bicyclic) bond motifs is 5. The molecule has 2 aromatic heterocycles. The average molecular weight is 628 g/mol. The molecule has 0 N–H and O–H groups in total. The summed E-state index contributed by atoms with van der Waals surface area (Å²) in [5.41, 5.74) is 14.9. The van der Waals surface area contributed by atoms with Gasteiger partial charge in [-0.05, 0) is 79.5 Å². The lowest BCUT2D eigenvalue weighted by Gasteiger charge is -2.22. The first-order valence-electron chi connectivity index (χ1n) is 16.8. The van der Waals surface area contributed by atoms with Gasteiger partial charge in [-0.1, -0.05) is 141 Å². The summed E-state index contributed by atoms with van der Waals surface area (Å²) in [5, 5.41) is 2.61. The third-order valence-corrected chi connectivity index (χ3v) is 10.0. The summed E-state index contributed by atoms with van der Waals surface area (Å²) in [6.07, 6.45) is 3.61. The quantitative estimate of drug-likeness (QED) is 0.191. The van der Waals surface area contributed by atoms with Gasteiger partial charge in [0.25, 0.3) is 0 Å². The molecule has 6 aromatic carbocycles. The lowest BCUT2D eigenvalue weighted by Crippen LogP contribution is -2.15. The van der Waals surface area contributed by atoms with E-state index in [4.69, 9.17) is 9.97 Å². The third-order valence-electron chi connectivity index (χ3n) is 10.0. The first-order valence-corrected chi connectivity index (χ1v) is 16.8. The van der Waals surface area contributed by atoms with Crippen molar-refractivity contribution in [1.29, 1.82) is 0 Å². The Labute approximate surface area is 286 Å². The summed E-state index contributed by atoms with van der Waals surface area (Å²) in [5.74, 6) is 0.695. The second-order valence-electron chi connectivity index (χ2n) is 13.3. The van der Waals surface area contributed by atoms with Crippen molar-refractivity contribution < 1.29 is 0 Å². The molecule has 3 heteroatoms. The van der Waals surface area contributed by atoms with Crippen LogP contribution in [0.15, 0.2) is 164 Å². The molecule has 0 aliphatic heterocycles. The Morgan fingerprint density at radius 1 is 0.429 bits per heavy atom. The molecule has 0 saturated heterocycles. The number of aromatic nitrogens is 3. The van der Waals surface area contributed by atoms with E-state index in [1.165, 1.54) is 49.7 Å². The van der Waals surface area contributed by atoms with Crippen molar-refractivity contribution in [1.82, 2.24) is 15.0 Å². The van der Waals surface area contributed by atoms with Crippen molar-refractivity contribution in [3.05, 3.63) is 175 Å². The van der Waals surface area contributed by atoms with Crippen molar-refractivity contribution in [2.75, 3.05) is 0 Å². The molecule has 0 bridgehead atoms. The standard InChI is InChI=1S/C46H33N3/c1-46(2)40-23-21-33-10-6-7-11-38(33)44(40)39-22-20-37(28-41(39)46)32-12-16-34(17-13-32)42-29-43(35-24-26-47-27-25-35)49-45(48-42)36-18-14-31(15-19-36)30-8-4-3-5-9-30/h3-29H,1-2H3. The third kappa shape index (κ3) is 5.03. The predicted molar refractivity (Wildman–Crippen MR) is 202 cm³/mol.